The van der Waals surface area contributed by atoms with Gasteiger partial charge in [0.2, 0.25) is 5.91 Å². The summed E-state index contributed by atoms with van der Waals surface area (Å²) in [5, 5.41) is 3.02. The number of hydrogen-bond donors (Lipinski definition) is 1. The molecular formula is C30H36N2O3S. The molecule has 1 N–H and O–H groups in total. The molecule has 6 heteroatoms. The van der Waals surface area contributed by atoms with Crippen LogP contribution in [0.4, 0.5) is 5.69 Å². The highest BCUT2D eigenvalue weighted by Crippen LogP contribution is 2.27. The molecule has 0 aromatic heterocycles. The maximum atomic E-state index is 13.7. The first-order valence-corrected chi connectivity index (χ1v) is 14.2. The molecule has 1 atom stereocenters. The Morgan fingerprint density at radius 1 is 0.861 bits per heavy atom. The molecule has 0 unspecified atom stereocenters. The smallest absolute Gasteiger partial charge is 0.264 e. The Balaban J connectivity index is 1.58. The molecule has 0 saturated heterocycles. The quantitative estimate of drug-likeness (QED) is 0.405. The van der Waals surface area contributed by atoms with E-state index in [4.69, 9.17) is 0 Å². The summed E-state index contributed by atoms with van der Waals surface area (Å²) in [6.45, 7) is 7.73. The Labute approximate surface area is 215 Å². The molecule has 1 aliphatic rings. The normalized spacial score (nSPS) is 14.2. The minimum Gasteiger partial charge on any atom is -0.348 e. The summed E-state index contributed by atoms with van der Waals surface area (Å²) in [7, 11) is -3.94. The SMILES string of the molecule is Cc1ccc(S(=O)(=O)N(CC(=O)N[C@H](C)c2ccc3c(c2)CCCC3)c2ccc(C(C)C)cc2)cc1. The van der Waals surface area contributed by atoms with Gasteiger partial charge in [-0.2, -0.15) is 0 Å². The van der Waals surface area contributed by atoms with E-state index in [0.717, 1.165) is 29.5 Å². The summed E-state index contributed by atoms with van der Waals surface area (Å²) in [6.07, 6.45) is 4.59. The van der Waals surface area contributed by atoms with Crippen LogP contribution in [-0.4, -0.2) is 20.9 Å². The third-order valence-electron chi connectivity index (χ3n) is 6.99. The van der Waals surface area contributed by atoms with E-state index in [1.54, 1.807) is 36.4 Å². The fraction of sp³-hybridized carbons (Fsp3) is 0.367. The Bertz CT molecular complexity index is 1310. The van der Waals surface area contributed by atoms with Crippen molar-refractivity contribution in [1.29, 1.82) is 0 Å². The van der Waals surface area contributed by atoms with Crippen molar-refractivity contribution in [3.05, 3.63) is 94.5 Å². The lowest BCUT2D eigenvalue weighted by molar-refractivity contribution is -0.120. The predicted molar refractivity (Wildman–Crippen MR) is 146 cm³/mol. The molecule has 1 aliphatic carbocycles. The molecule has 0 fully saturated rings. The summed E-state index contributed by atoms with van der Waals surface area (Å²) >= 11 is 0. The highest BCUT2D eigenvalue weighted by molar-refractivity contribution is 7.92. The molecule has 0 spiro atoms. The monoisotopic (exact) mass is 504 g/mol. The topological polar surface area (TPSA) is 66.5 Å². The number of fused-ring (bicyclic) bond motifs is 1. The number of nitrogens with one attached hydrogen (secondary N) is 1. The van der Waals surface area contributed by atoms with Crippen molar-refractivity contribution in [3.63, 3.8) is 0 Å². The minimum absolute atomic E-state index is 0.163. The fourth-order valence-corrected chi connectivity index (χ4v) is 6.12. The molecule has 0 radical (unpaired) electrons. The van der Waals surface area contributed by atoms with E-state index in [2.05, 4.69) is 37.4 Å². The lowest BCUT2D eigenvalue weighted by Gasteiger charge is -2.26. The number of aryl methyl sites for hydroxylation is 3. The molecular weight excluding hydrogens is 468 g/mol. The van der Waals surface area contributed by atoms with E-state index >= 15 is 0 Å². The Morgan fingerprint density at radius 3 is 2.11 bits per heavy atom. The molecule has 0 saturated carbocycles. The van der Waals surface area contributed by atoms with Crippen molar-refractivity contribution in [2.24, 2.45) is 0 Å². The molecule has 5 nitrogen and oxygen atoms in total. The highest BCUT2D eigenvalue weighted by atomic mass is 32.2. The van der Waals surface area contributed by atoms with Crippen LogP contribution in [0.3, 0.4) is 0 Å². The van der Waals surface area contributed by atoms with Crippen LogP contribution in [0.25, 0.3) is 0 Å². The average Bonchev–Trinajstić information content (AvgIpc) is 2.87. The van der Waals surface area contributed by atoms with Gasteiger partial charge in [0.25, 0.3) is 10.0 Å². The maximum Gasteiger partial charge on any atom is 0.264 e. The van der Waals surface area contributed by atoms with Crippen LogP contribution in [0.5, 0.6) is 0 Å². The zero-order valence-corrected chi connectivity index (χ0v) is 22.4. The molecule has 0 bridgehead atoms. The number of carbonyl (C=O) groups excluding carboxylic acids is 1. The van der Waals surface area contributed by atoms with Gasteiger partial charge in [-0.05, 0) is 92.0 Å². The van der Waals surface area contributed by atoms with Crippen LogP contribution in [0.1, 0.15) is 73.4 Å². The van der Waals surface area contributed by atoms with Crippen LogP contribution in [-0.2, 0) is 27.7 Å². The first-order chi connectivity index (χ1) is 17.1. The first kappa shape index (κ1) is 26.0. The van der Waals surface area contributed by atoms with E-state index < -0.39 is 10.0 Å². The van der Waals surface area contributed by atoms with Crippen molar-refractivity contribution in [1.82, 2.24) is 5.32 Å². The standard InChI is InChI=1S/C30H36N2O3S/c1-21(2)24-13-15-28(16-14-24)32(36(34,35)29-17-9-22(3)10-18-29)20-30(33)31-23(4)26-12-11-25-7-5-6-8-27(25)19-26/h9-19,21,23H,5-8,20H2,1-4H3,(H,31,33)/t23-/m1/s1. The van der Waals surface area contributed by atoms with Crippen molar-refractivity contribution in [3.8, 4) is 0 Å². The van der Waals surface area contributed by atoms with Gasteiger partial charge in [-0.1, -0.05) is 61.9 Å². The Kier molecular flexibility index (Phi) is 7.84. The summed E-state index contributed by atoms with van der Waals surface area (Å²) in [6, 6.07) is 20.3. The van der Waals surface area contributed by atoms with Crippen LogP contribution < -0.4 is 9.62 Å². The third kappa shape index (κ3) is 5.81. The summed E-state index contributed by atoms with van der Waals surface area (Å²) in [5.74, 6) is -0.0224. The van der Waals surface area contributed by atoms with E-state index in [1.165, 1.54) is 28.3 Å². The van der Waals surface area contributed by atoms with Crippen LogP contribution >= 0.6 is 0 Å². The number of hydrogen-bond acceptors (Lipinski definition) is 3. The number of nitrogens with zero attached hydrogens (tertiary/aromatic N) is 1. The number of benzene rings is 3. The Morgan fingerprint density at radius 2 is 1.47 bits per heavy atom. The second kappa shape index (κ2) is 10.9. The van der Waals surface area contributed by atoms with Gasteiger partial charge >= 0.3 is 0 Å². The molecule has 0 aliphatic heterocycles. The molecule has 3 aromatic rings. The number of anilines is 1. The fourth-order valence-electron chi connectivity index (χ4n) is 4.70. The number of sulfonamides is 1. The van der Waals surface area contributed by atoms with E-state index in [1.807, 2.05) is 26.0 Å². The second-order valence-corrected chi connectivity index (χ2v) is 12.0. The zero-order valence-electron chi connectivity index (χ0n) is 21.6. The van der Waals surface area contributed by atoms with Crippen molar-refractivity contribution < 1.29 is 13.2 Å². The molecule has 190 valence electrons. The summed E-state index contributed by atoms with van der Waals surface area (Å²) < 4.78 is 28.5. The van der Waals surface area contributed by atoms with Gasteiger partial charge in [0, 0.05) is 0 Å². The molecule has 4 rings (SSSR count). The van der Waals surface area contributed by atoms with Crippen molar-refractivity contribution in [2.75, 3.05) is 10.8 Å². The van der Waals surface area contributed by atoms with Crippen LogP contribution in [0.15, 0.2) is 71.6 Å². The number of rotatable bonds is 8. The number of amides is 1. The van der Waals surface area contributed by atoms with Crippen molar-refractivity contribution in [2.45, 2.75) is 70.2 Å². The Hall–Kier alpha value is -3.12. The average molecular weight is 505 g/mol. The lowest BCUT2D eigenvalue weighted by atomic mass is 9.89. The first-order valence-electron chi connectivity index (χ1n) is 12.8. The largest absolute Gasteiger partial charge is 0.348 e. The van der Waals surface area contributed by atoms with E-state index in [0.29, 0.717) is 11.6 Å². The van der Waals surface area contributed by atoms with Gasteiger partial charge < -0.3 is 5.32 Å². The predicted octanol–water partition coefficient (Wildman–Crippen LogP) is 6.07. The zero-order chi connectivity index (χ0) is 25.9. The van der Waals surface area contributed by atoms with Gasteiger partial charge in [0.1, 0.15) is 6.54 Å². The summed E-state index contributed by atoms with van der Waals surface area (Å²) in [5.41, 5.74) is 6.34. The molecule has 36 heavy (non-hydrogen) atoms. The van der Waals surface area contributed by atoms with Crippen molar-refractivity contribution >= 4 is 21.6 Å². The highest BCUT2D eigenvalue weighted by Gasteiger charge is 2.28. The third-order valence-corrected chi connectivity index (χ3v) is 8.78. The van der Waals surface area contributed by atoms with Gasteiger partial charge in [-0.25, -0.2) is 8.42 Å². The molecule has 3 aromatic carbocycles. The molecule has 0 heterocycles. The number of carbonyl (C=O) groups is 1. The van der Waals surface area contributed by atoms with Crippen LogP contribution in [0, 0.1) is 6.92 Å². The van der Waals surface area contributed by atoms with Gasteiger partial charge in [-0.3, -0.25) is 9.10 Å². The second-order valence-electron chi connectivity index (χ2n) is 10.1. The minimum atomic E-state index is -3.94. The van der Waals surface area contributed by atoms with Crippen LogP contribution in [0.2, 0.25) is 0 Å². The van der Waals surface area contributed by atoms with Gasteiger partial charge in [0.05, 0.1) is 16.6 Å². The summed E-state index contributed by atoms with van der Waals surface area (Å²) in [4.78, 5) is 13.4. The van der Waals surface area contributed by atoms with Gasteiger partial charge in [0.15, 0.2) is 0 Å². The lowest BCUT2D eigenvalue weighted by Crippen LogP contribution is -2.41. The maximum absolute atomic E-state index is 13.7. The molecule has 1 amide bonds. The van der Waals surface area contributed by atoms with Gasteiger partial charge in [-0.15, -0.1) is 0 Å². The van der Waals surface area contributed by atoms with E-state index in [9.17, 15) is 13.2 Å². The van der Waals surface area contributed by atoms with E-state index in [-0.39, 0.29) is 23.4 Å².